The summed E-state index contributed by atoms with van der Waals surface area (Å²) in [5.41, 5.74) is 2.62. The molecule has 0 amide bonds. The fourth-order valence-electron chi connectivity index (χ4n) is 2.17. The molecule has 2 aromatic carbocycles. The van der Waals surface area contributed by atoms with Crippen molar-refractivity contribution < 1.29 is 14.6 Å². The zero-order valence-corrected chi connectivity index (χ0v) is 15.3. The first-order chi connectivity index (χ1) is 12.0. The molecule has 0 heterocycles. The van der Waals surface area contributed by atoms with Gasteiger partial charge in [-0.25, -0.2) is 0 Å². The summed E-state index contributed by atoms with van der Waals surface area (Å²) in [6.07, 6.45) is 4.13. The van der Waals surface area contributed by atoms with Crippen LogP contribution in [0.4, 0.5) is 0 Å². The molecule has 0 spiro atoms. The third kappa shape index (κ3) is 6.09. The van der Waals surface area contributed by atoms with Gasteiger partial charge in [-0.3, -0.25) is 4.79 Å². The topological polar surface area (TPSA) is 58.6 Å². The van der Waals surface area contributed by atoms with Gasteiger partial charge >= 0.3 is 5.97 Å². The summed E-state index contributed by atoms with van der Waals surface area (Å²) >= 11 is 11.9. The Hall–Kier alpha value is -2.01. The van der Waals surface area contributed by atoms with Crippen molar-refractivity contribution in [3.05, 3.63) is 63.1 Å². The number of rotatable bonds is 7. The van der Waals surface area contributed by atoms with Crippen LogP contribution >= 0.6 is 23.2 Å². The molecule has 0 aliphatic rings. The number of esters is 1. The molecule has 2 rings (SSSR count). The largest absolute Gasteiger partial charge is 0.508 e. The van der Waals surface area contributed by atoms with Crippen LogP contribution in [0.2, 0.25) is 10.0 Å². The van der Waals surface area contributed by atoms with Crippen molar-refractivity contribution in [2.45, 2.75) is 13.0 Å². The van der Waals surface area contributed by atoms with Gasteiger partial charge in [-0.15, -0.1) is 0 Å². The van der Waals surface area contributed by atoms with Gasteiger partial charge in [-0.1, -0.05) is 47.5 Å². The Kier molecular flexibility index (Phi) is 7.31. The molecule has 0 radical (unpaired) electrons. The number of ether oxygens (including phenoxy) is 1. The average Bonchev–Trinajstić information content (AvgIpc) is 2.61. The van der Waals surface area contributed by atoms with Gasteiger partial charge < -0.3 is 15.2 Å². The highest BCUT2D eigenvalue weighted by Crippen LogP contribution is 2.24. The molecule has 0 aliphatic carbocycles. The maximum Gasteiger partial charge on any atom is 0.306 e. The number of methoxy groups -OCH3 is 1. The molecule has 4 nitrogen and oxygen atoms in total. The Morgan fingerprint density at radius 3 is 2.48 bits per heavy atom. The van der Waals surface area contributed by atoms with E-state index in [9.17, 15) is 9.90 Å². The van der Waals surface area contributed by atoms with Crippen LogP contribution in [0.5, 0.6) is 5.75 Å². The summed E-state index contributed by atoms with van der Waals surface area (Å²) in [4.78, 5) is 11.1. The predicted octanol–water partition coefficient (Wildman–Crippen LogP) is 4.52. The van der Waals surface area contributed by atoms with E-state index >= 15 is 0 Å². The quantitative estimate of drug-likeness (QED) is 0.421. The van der Waals surface area contributed by atoms with Gasteiger partial charge in [0.2, 0.25) is 0 Å². The molecular weight excluding hydrogens is 361 g/mol. The Labute approximate surface area is 157 Å². The van der Waals surface area contributed by atoms with Gasteiger partial charge in [0.15, 0.2) is 0 Å². The first kappa shape index (κ1) is 19.3. The number of benzene rings is 2. The van der Waals surface area contributed by atoms with Gasteiger partial charge in [-0.2, -0.15) is 0 Å². The number of carbonyl (C=O) groups is 1. The zero-order valence-electron chi connectivity index (χ0n) is 13.8. The van der Waals surface area contributed by atoms with E-state index in [4.69, 9.17) is 23.2 Å². The molecule has 0 aliphatic heterocycles. The van der Waals surface area contributed by atoms with E-state index in [2.05, 4.69) is 10.1 Å². The summed E-state index contributed by atoms with van der Waals surface area (Å²) in [5, 5.41) is 14.1. The van der Waals surface area contributed by atoms with Crippen molar-refractivity contribution in [2.24, 2.45) is 0 Å². The molecule has 0 aromatic heterocycles. The minimum atomic E-state index is -0.268. The SMILES string of the molecule is COC(=O)CCNCc1cc(/C=C/c2ccc(Cl)c(Cl)c2)ccc1O. The number of hydrogen-bond donors (Lipinski definition) is 2. The van der Waals surface area contributed by atoms with Crippen molar-refractivity contribution in [2.75, 3.05) is 13.7 Å². The Balaban J connectivity index is 2.01. The van der Waals surface area contributed by atoms with Gasteiger partial charge in [0.05, 0.1) is 23.6 Å². The molecule has 0 fully saturated rings. The Morgan fingerprint density at radius 2 is 1.80 bits per heavy atom. The lowest BCUT2D eigenvalue weighted by Gasteiger charge is -2.07. The highest BCUT2D eigenvalue weighted by atomic mass is 35.5. The maximum absolute atomic E-state index is 11.1. The molecule has 0 unspecified atom stereocenters. The number of phenols is 1. The third-order valence-electron chi connectivity index (χ3n) is 3.56. The number of nitrogens with one attached hydrogen (secondary N) is 1. The van der Waals surface area contributed by atoms with E-state index in [1.807, 2.05) is 30.4 Å². The normalized spacial score (nSPS) is 11.0. The van der Waals surface area contributed by atoms with Crippen molar-refractivity contribution >= 4 is 41.3 Å². The molecule has 2 aromatic rings. The number of aromatic hydroxyl groups is 1. The summed E-state index contributed by atoms with van der Waals surface area (Å²) in [5.74, 6) is -0.0627. The second-order valence-electron chi connectivity index (χ2n) is 5.40. The van der Waals surface area contributed by atoms with E-state index < -0.39 is 0 Å². The molecule has 0 atom stereocenters. The van der Waals surface area contributed by atoms with Crippen molar-refractivity contribution in [1.29, 1.82) is 0 Å². The lowest BCUT2D eigenvalue weighted by molar-refractivity contribution is -0.140. The third-order valence-corrected chi connectivity index (χ3v) is 4.30. The first-order valence-electron chi connectivity index (χ1n) is 7.72. The van der Waals surface area contributed by atoms with E-state index in [-0.39, 0.29) is 18.1 Å². The lowest BCUT2D eigenvalue weighted by atomic mass is 10.1. The van der Waals surface area contributed by atoms with Crippen LogP contribution < -0.4 is 5.32 Å². The molecule has 2 N–H and O–H groups in total. The van der Waals surface area contributed by atoms with Crippen LogP contribution in [0.15, 0.2) is 36.4 Å². The van der Waals surface area contributed by atoms with Crippen LogP contribution in [-0.4, -0.2) is 24.7 Å². The van der Waals surface area contributed by atoms with Crippen molar-refractivity contribution in [1.82, 2.24) is 5.32 Å². The first-order valence-corrected chi connectivity index (χ1v) is 8.47. The Morgan fingerprint density at radius 1 is 1.12 bits per heavy atom. The fraction of sp³-hybridized carbons (Fsp3) is 0.211. The van der Waals surface area contributed by atoms with Gasteiger partial charge in [0.1, 0.15) is 5.75 Å². The van der Waals surface area contributed by atoms with Crippen LogP contribution in [0.3, 0.4) is 0 Å². The van der Waals surface area contributed by atoms with E-state index in [1.54, 1.807) is 18.2 Å². The number of halogens is 2. The second kappa shape index (κ2) is 9.47. The fourth-order valence-corrected chi connectivity index (χ4v) is 2.48. The van der Waals surface area contributed by atoms with Crippen LogP contribution in [0.1, 0.15) is 23.1 Å². The summed E-state index contributed by atoms with van der Waals surface area (Å²) in [6.45, 7) is 0.937. The average molecular weight is 380 g/mol. The van der Waals surface area contributed by atoms with E-state index in [1.165, 1.54) is 7.11 Å². The minimum absolute atomic E-state index is 0.206. The molecule has 0 saturated heterocycles. The highest BCUT2D eigenvalue weighted by molar-refractivity contribution is 6.42. The van der Waals surface area contributed by atoms with Crippen LogP contribution in [0.25, 0.3) is 12.2 Å². The summed E-state index contributed by atoms with van der Waals surface area (Å²) in [7, 11) is 1.36. The summed E-state index contributed by atoms with van der Waals surface area (Å²) < 4.78 is 4.58. The lowest BCUT2D eigenvalue weighted by Crippen LogP contribution is -2.18. The molecule has 25 heavy (non-hydrogen) atoms. The Bertz CT molecular complexity index is 775. The summed E-state index contributed by atoms with van der Waals surface area (Å²) in [6, 6.07) is 10.8. The molecule has 132 valence electrons. The molecule has 0 bridgehead atoms. The standard InChI is InChI=1S/C19H19Cl2NO3/c1-25-19(24)8-9-22-12-15-10-13(5-7-18(15)23)2-3-14-4-6-16(20)17(21)11-14/h2-7,10-11,22-23H,8-9,12H2,1H3/b3-2+. The van der Waals surface area contributed by atoms with Crippen LogP contribution in [0, 0.1) is 0 Å². The van der Waals surface area contributed by atoms with Gasteiger partial charge in [-0.05, 0) is 35.4 Å². The minimum Gasteiger partial charge on any atom is -0.508 e. The smallest absolute Gasteiger partial charge is 0.306 e. The highest BCUT2D eigenvalue weighted by Gasteiger charge is 2.04. The van der Waals surface area contributed by atoms with E-state index in [0.29, 0.717) is 23.1 Å². The van der Waals surface area contributed by atoms with Gasteiger partial charge in [0.25, 0.3) is 0 Å². The molecular formula is C19H19Cl2NO3. The maximum atomic E-state index is 11.1. The van der Waals surface area contributed by atoms with Crippen molar-refractivity contribution in [3.63, 3.8) is 0 Å². The van der Waals surface area contributed by atoms with Gasteiger partial charge in [0, 0.05) is 18.7 Å². The number of carbonyl (C=O) groups excluding carboxylic acids is 1. The molecule has 6 heteroatoms. The van der Waals surface area contributed by atoms with Crippen LogP contribution in [-0.2, 0) is 16.1 Å². The predicted molar refractivity (Wildman–Crippen MR) is 102 cm³/mol. The second-order valence-corrected chi connectivity index (χ2v) is 6.21. The molecule has 0 saturated carbocycles. The number of phenolic OH excluding ortho intramolecular Hbond substituents is 1. The van der Waals surface area contributed by atoms with Crippen molar-refractivity contribution in [3.8, 4) is 5.75 Å². The monoisotopic (exact) mass is 379 g/mol. The zero-order chi connectivity index (χ0) is 18.2. The van der Waals surface area contributed by atoms with E-state index in [0.717, 1.165) is 16.7 Å². The number of hydrogen-bond acceptors (Lipinski definition) is 4.